The molecule has 1 aliphatic carbocycles. The van der Waals surface area contributed by atoms with E-state index < -0.39 is 5.97 Å². The molecule has 0 fully saturated rings. The van der Waals surface area contributed by atoms with Gasteiger partial charge in [0.2, 0.25) is 0 Å². The topological polar surface area (TPSA) is 72.8 Å². The van der Waals surface area contributed by atoms with E-state index in [1.54, 1.807) is 30.3 Å². The SMILES string of the molecule is O=C(COc1ccc(C(=O)/C=C/C2C=CC=C2)cc1)OCCCCCCO. The number of ether oxygens (including phenoxy) is 2. The van der Waals surface area contributed by atoms with Crippen LogP contribution in [-0.4, -0.2) is 36.7 Å². The van der Waals surface area contributed by atoms with E-state index in [2.05, 4.69) is 0 Å². The zero-order valence-electron chi connectivity index (χ0n) is 15.4. The third-order valence-corrected chi connectivity index (χ3v) is 4.06. The van der Waals surface area contributed by atoms with E-state index in [4.69, 9.17) is 14.6 Å². The number of hydrogen-bond acceptors (Lipinski definition) is 5. The highest BCUT2D eigenvalue weighted by Gasteiger charge is 2.07. The van der Waals surface area contributed by atoms with Gasteiger partial charge >= 0.3 is 5.97 Å². The molecule has 5 heteroatoms. The fourth-order valence-corrected chi connectivity index (χ4v) is 2.52. The van der Waals surface area contributed by atoms with E-state index >= 15 is 0 Å². The summed E-state index contributed by atoms with van der Waals surface area (Å²) in [5.74, 6) is 0.197. The maximum Gasteiger partial charge on any atom is 0.344 e. The van der Waals surface area contributed by atoms with Crippen molar-refractivity contribution in [2.24, 2.45) is 5.92 Å². The molecule has 1 aliphatic rings. The first-order valence-electron chi connectivity index (χ1n) is 9.26. The van der Waals surface area contributed by atoms with Gasteiger partial charge in [-0.3, -0.25) is 4.79 Å². The first-order chi connectivity index (χ1) is 13.2. The number of carbonyl (C=O) groups is 2. The van der Waals surface area contributed by atoms with Crippen LogP contribution in [0.4, 0.5) is 0 Å². The van der Waals surface area contributed by atoms with Gasteiger partial charge < -0.3 is 14.6 Å². The number of carbonyl (C=O) groups excluding carboxylic acids is 2. The summed E-state index contributed by atoms with van der Waals surface area (Å²) in [5.41, 5.74) is 0.565. The Labute approximate surface area is 160 Å². The lowest BCUT2D eigenvalue weighted by molar-refractivity contribution is -0.146. The number of hydrogen-bond donors (Lipinski definition) is 1. The van der Waals surface area contributed by atoms with E-state index in [0.29, 0.717) is 17.9 Å². The molecule has 0 bridgehead atoms. The second kappa shape index (κ2) is 11.9. The van der Waals surface area contributed by atoms with Gasteiger partial charge in [-0.05, 0) is 49.6 Å². The van der Waals surface area contributed by atoms with Crippen molar-refractivity contribution in [2.75, 3.05) is 19.8 Å². The van der Waals surface area contributed by atoms with Gasteiger partial charge in [0.05, 0.1) is 6.61 Å². The number of aliphatic hydroxyl groups excluding tert-OH is 1. The van der Waals surface area contributed by atoms with Crippen LogP contribution in [0.1, 0.15) is 36.0 Å². The van der Waals surface area contributed by atoms with Gasteiger partial charge in [0.15, 0.2) is 12.4 Å². The van der Waals surface area contributed by atoms with E-state index in [1.807, 2.05) is 30.4 Å². The molecule has 1 N–H and O–H groups in total. The Morgan fingerprint density at radius 2 is 1.70 bits per heavy atom. The fraction of sp³-hybridized carbons (Fsp3) is 0.364. The summed E-state index contributed by atoms with van der Waals surface area (Å²) in [6, 6.07) is 6.68. The summed E-state index contributed by atoms with van der Waals surface area (Å²) >= 11 is 0. The molecule has 0 aromatic heterocycles. The van der Waals surface area contributed by atoms with Crippen LogP contribution in [0, 0.1) is 5.92 Å². The molecule has 27 heavy (non-hydrogen) atoms. The zero-order valence-corrected chi connectivity index (χ0v) is 15.4. The average molecular weight is 370 g/mol. The second-order valence-corrected chi connectivity index (χ2v) is 6.24. The molecule has 144 valence electrons. The molecule has 5 nitrogen and oxygen atoms in total. The molecule has 0 aliphatic heterocycles. The number of rotatable bonds is 12. The lowest BCUT2D eigenvalue weighted by atomic mass is 10.1. The second-order valence-electron chi connectivity index (χ2n) is 6.24. The summed E-state index contributed by atoms with van der Waals surface area (Å²) < 4.78 is 10.5. The van der Waals surface area contributed by atoms with Gasteiger partial charge in [0, 0.05) is 18.1 Å². The Hall–Kier alpha value is -2.66. The van der Waals surface area contributed by atoms with Gasteiger partial charge in [0.25, 0.3) is 0 Å². The van der Waals surface area contributed by atoms with Crippen molar-refractivity contribution in [2.45, 2.75) is 25.7 Å². The number of benzene rings is 1. The molecule has 1 aromatic rings. The molecule has 0 saturated carbocycles. The Morgan fingerprint density at radius 3 is 2.41 bits per heavy atom. The first-order valence-corrected chi connectivity index (χ1v) is 9.26. The van der Waals surface area contributed by atoms with Crippen LogP contribution in [0.2, 0.25) is 0 Å². The third-order valence-electron chi connectivity index (χ3n) is 4.06. The molecular formula is C22H26O5. The van der Waals surface area contributed by atoms with Crippen LogP contribution in [0.25, 0.3) is 0 Å². The Bertz CT molecular complexity index is 673. The Balaban J connectivity index is 1.67. The number of aliphatic hydroxyl groups is 1. The lowest BCUT2D eigenvalue weighted by Gasteiger charge is -2.07. The van der Waals surface area contributed by atoms with Gasteiger partial charge in [-0.25, -0.2) is 4.79 Å². The normalized spacial score (nSPS) is 13.4. The van der Waals surface area contributed by atoms with Crippen LogP contribution in [-0.2, 0) is 9.53 Å². The van der Waals surface area contributed by atoms with Crippen LogP contribution in [0.3, 0.4) is 0 Å². The predicted octanol–water partition coefficient (Wildman–Crippen LogP) is 3.64. The van der Waals surface area contributed by atoms with E-state index in [-0.39, 0.29) is 24.9 Å². The highest BCUT2D eigenvalue weighted by molar-refractivity contribution is 6.04. The average Bonchev–Trinajstić information content (AvgIpc) is 3.21. The monoisotopic (exact) mass is 370 g/mol. The summed E-state index contributed by atoms with van der Waals surface area (Å²) in [6.07, 6.45) is 14.8. The predicted molar refractivity (Wildman–Crippen MR) is 104 cm³/mol. The van der Waals surface area contributed by atoms with Crippen molar-refractivity contribution >= 4 is 11.8 Å². The molecule has 0 heterocycles. The summed E-state index contributed by atoms with van der Waals surface area (Å²) in [7, 11) is 0. The molecule has 1 aromatic carbocycles. The van der Waals surface area contributed by atoms with Crippen molar-refractivity contribution < 1.29 is 24.2 Å². The van der Waals surface area contributed by atoms with E-state index in [1.165, 1.54) is 0 Å². The number of ketones is 1. The minimum atomic E-state index is -0.419. The highest BCUT2D eigenvalue weighted by Crippen LogP contribution is 2.15. The maximum atomic E-state index is 12.1. The van der Waals surface area contributed by atoms with Crippen LogP contribution < -0.4 is 4.74 Å². The van der Waals surface area contributed by atoms with Gasteiger partial charge in [-0.15, -0.1) is 0 Å². The summed E-state index contributed by atoms with van der Waals surface area (Å²) in [5, 5.41) is 8.68. The Morgan fingerprint density at radius 1 is 1.00 bits per heavy atom. The minimum absolute atomic E-state index is 0.0733. The van der Waals surface area contributed by atoms with E-state index in [9.17, 15) is 9.59 Å². The molecule has 0 atom stereocenters. The number of allylic oxidation sites excluding steroid dienone is 6. The quantitative estimate of drug-likeness (QED) is 0.263. The van der Waals surface area contributed by atoms with Gasteiger partial charge in [0.1, 0.15) is 5.75 Å². The number of unbranched alkanes of at least 4 members (excludes halogenated alkanes) is 3. The van der Waals surface area contributed by atoms with E-state index in [0.717, 1.165) is 25.7 Å². The van der Waals surface area contributed by atoms with Crippen molar-refractivity contribution in [3.63, 3.8) is 0 Å². The van der Waals surface area contributed by atoms with Gasteiger partial charge in [-0.2, -0.15) is 0 Å². The number of esters is 1. The largest absolute Gasteiger partial charge is 0.482 e. The van der Waals surface area contributed by atoms with Crippen LogP contribution >= 0.6 is 0 Å². The van der Waals surface area contributed by atoms with Crippen molar-refractivity contribution in [1.82, 2.24) is 0 Å². The van der Waals surface area contributed by atoms with Crippen LogP contribution in [0.15, 0.2) is 60.7 Å². The molecular weight excluding hydrogens is 344 g/mol. The Kier molecular flexibility index (Phi) is 9.07. The molecule has 0 spiro atoms. The lowest BCUT2D eigenvalue weighted by Crippen LogP contribution is -2.15. The molecule has 0 saturated heterocycles. The first kappa shape index (κ1) is 20.6. The summed E-state index contributed by atoms with van der Waals surface area (Å²) in [6.45, 7) is 0.395. The third kappa shape index (κ3) is 8.05. The smallest absolute Gasteiger partial charge is 0.344 e. The van der Waals surface area contributed by atoms with Crippen LogP contribution in [0.5, 0.6) is 5.75 Å². The van der Waals surface area contributed by atoms with Crippen molar-refractivity contribution in [1.29, 1.82) is 0 Å². The molecule has 2 rings (SSSR count). The fourth-order valence-electron chi connectivity index (χ4n) is 2.52. The highest BCUT2D eigenvalue weighted by atomic mass is 16.6. The van der Waals surface area contributed by atoms with Crippen molar-refractivity contribution in [3.8, 4) is 5.75 Å². The van der Waals surface area contributed by atoms with Gasteiger partial charge in [-0.1, -0.05) is 36.8 Å². The maximum absolute atomic E-state index is 12.1. The molecule has 0 unspecified atom stereocenters. The van der Waals surface area contributed by atoms with Crippen molar-refractivity contribution in [3.05, 3.63) is 66.3 Å². The molecule has 0 radical (unpaired) electrons. The molecule has 0 amide bonds. The standard InChI is InChI=1S/C22H26O5/c23-15-5-1-2-6-16-26-22(25)17-27-20-12-10-19(11-13-20)21(24)14-9-18-7-3-4-8-18/h3-4,7-14,18,23H,1-2,5-6,15-17H2/b14-9+. The zero-order chi connectivity index (χ0) is 19.3. The summed E-state index contributed by atoms with van der Waals surface area (Å²) in [4.78, 5) is 23.8. The minimum Gasteiger partial charge on any atom is -0.482 e.